The SMILES string of the molecule is NCCCC[C@@H](N)C(=O)O.N[C@H](Cc1cnc[nH]1)C(=O)O.O=C(O)[C@H]1CCCN1. The molecule has 1 aromatic heterocycles. The molecular weight excluding hydrogens is 384 g/mol. The van der Waals surface area contributed by atoms with E-state index in [-0.39, 0.29) is 12.5 Å². The van der Waals surface area contributed by atoms with Crippen LogP contribution in [0.5, 0.6) is 0 Å². The van der Waals surface area contributed by atoms with E-state index in [4.69, 9.17) is 32.5 Å². The molecular formula is C17H32N6O6. The molecule has 2 rings (SSSR count). The zero-order valence-corrected chi connectivity index (χ0v) is 16.3. The summed E-state index contributed by atoms with van der Waals surface area (Å²) in [6.07, 6.45) is 7.28. The number of nitrogens with zero attached hydrogens (tertiary/aromatic N) is 1. The second-order valence-corrected chi connectivity index (χ2v) is 6.44. The van der Waals surface area contributed by atoms with Crippen LogP contribution in [0.3, 0.4) is 0 Å². The van der Waals surface area contributed by atoms with E-state index in [2.05, 4.69) is 15.3 Å². The van der Waals surface area contributed by atoms with Crippen molar-refractivity contribution in [1.29, 1.82) is 0 Å². The molecule has 0 aromatic carbocycles. The number of rotatable bonds is 9. The summed E-state index contributed by atoms with van der Waals surface area (Å²) >= 11 is 0. The summed E-state index contributed by atoms with van der Waals surface area (Å²) in [5.74, 6) is -2.65. The van der Waals surface area contributed by atoms with Gasteiger partial charge in [0.25, 0.3) is 0 Å². The Morgan fingerprint density at radius 2 is 1.79 bits per heavy atom. The molecule has 12 heteroatoms. The molecule has 0 spiro atoms. The number of hydrogen-bond donors (Lipinski definition) is 8. The summed E-state index contributed by atoms with van der Waals surface area (Å²) in [5.41, 5.74) is 16.4. The first kappa shape index (κ1) is 26.5. The van der Waals surface area contributed by atoms with Crippen molar-refractivity contribution in [2.24, 2.45) is 17.2 Å². The van der Waals surface area contributed by atoms with E-state index >= 15 is 0 Å². The Labute approximate surface area is 168 Å². The minimum absolute atomic E-state index is 0.269. The van der Waals surface area contributed by atoms with E-state index in [1.807, 2.05) is 0 Å². The lowest BCUT2D eigenvalue weighted by Crippen LogP contribution is -2.32. The van der Waals surface area contributed by atoms with Crippen LogP contribution >= 0.6 is 0 Å². The Morgan fingerprint density at radius 3 is 2.17 bits per heavy atom. The Kier molecular flexibility index (Phi) is 14.0. The molecule has 1 fully saturated rings. The molecule has 29 heavy (non-hydrogen) atoms. The predicted molar refractivity (Wildman–Crippen MR) is 105 cm³/mol. The van der Waals surface area contributed by atoms with Crippen LogP contribution < -0.4 is 22.5 Å². The summed E-state index contributed by atoms with van der Waals surface area (Å²) in [6, 6.07) is -1.84. The van der Waals surface area contributed by atoms with E-state index < -0.39 is 30.0 Å². The van der Waals surface area contributed by atoms with Crippen LogP contribution in [-0.4, -0.2) is 74.4 Å². The Hall–Kier alpha value is -2.54. The highest BCUT2D eigenvalue weighted by molar-refractivity contribution is 5.74. The van der Waals surface area contributed by atoms with Gasteiger partial charge in [-0.05, 0) is 38.8 Å². The third-order valence-electron chi connectivity index (χ3n) is 3.96. The van der Waals surface area contributed by atoms with Gasteiger partial charge in [0.2, 0.25) is 0 Å². The van der Waals surface area contributed by atoms with Crippen molar-refractivity contribution in [2.45, 2.75) is 56.7 Å². The van der Waals surface area contributed by atoms with Crippen molar-refractivity contribution in [3.8, 4) is 0 Å². The lowest BCUT2D eigenvalue weighted by molar-refractivity contribution is -0.139. The topological polar surface area (TPSA) is 231 Å². The second kappa shape index (κ2) is 15.4. The first-order chi connectivity index (χ1) is 13.7. The summed E-state index contributed by atoms with van der Waals surface area (Å²) in [4.78, 5) is 37.0. The monoisotopic (exact) mass is 416 g/mol. The predicted octanol–water partition coefficient (Wildman–Crippen LogP) is -1.29. The van der Waals surface area contributed by atoms with Crippen molar-refractivity contribution < 1.29 is 29.7 Å². The van der Waals surface area contributed by atoms with Crippen molar-refractivity contribution in [1.82, 2.24) is 15.3 Å². The molecule has 1 aromatic rings. The number of hydrogen-bond acceptors (Lipinski definition) is 8. The van der Waals surface area contributed by atoms with Crippen molar-refractivity contribution >= 4 is 17.9 Å². The number of aliphatic carboxylic acids is 3. The average Bonchev–Trinajstić information content (AvgIpc) is 3.36. The lowest BCUT2D eigenvalue weighted by atomic mass is 10.1. The highest BCUT2D eigenvalue weighted by atomic mass is 16.4. The maximum absolute atomic E-state index is 10.3. The minimum Gasteiger partial charge on any atom is -0.480 e. The molecule has 2 heterocycles. The van der Waals surface area contributed by atoms with Crippen molar-refractivity contribution in [3.63, 3.8) is 0 Å². The van der Waals surface area contributed by atoms with Gasteiger partial charge in [0, 0.05) is 18.3 Å². The number of nitrogens with one attached hydrogen (secondary N) is 2. The number of H-pyrrole nitrogens is 1. The summed E-state index contributed by atoms with van der Waals surface area (Å²) < 4.78 is 0. The van der Waals surface area contributed by atoms with Crippen LogP contribution in [0.25, 0.3) is 0 Å². The van der Waals surface area contributed by atoms with E-state index in [9.17, 15) is 14.4 Å². The number of nitrogens with two attached hydrogens (primary N) is 3. The molecule has 0 radical (unpaired) electrons. The lowest BCUT2D eigenvalue weighted by Gasteiger charge is -2.03. The van der Waals surface area contributed by atoms with Gasteiger partial charge in [-0.15, -0.1) is 0 Å². The van der Waals surface area contributed by atoms with E-state index in [1.54, 1.807) is 6.20 Å². The normalized spacial score (nSPS) is 17.1. The van der Waals surface area contributed by atoms with Crippen molar-refractivity contribution in [2.75, 3.05) is 13.1 Å². The zero-order valence-electron chi connectivity index (χ0n) is 16.3. The van der Waals surface area contributed by atoms with E-state index in [0.717, 1.165) is 37.9 Å². The van der Waals surface area contributed by atoms with Crippen LogP contribution in [0.15, 0.2) is 12.5 Å². The summed E-state index contributed by atoms with van der Waals surface area (Å²) in [5, 5.41) is 28.0. The Balaban J connectivity index is 0.000000410. The third-order valence-corrected chi connectivity index (χ3v) is 3.96. The van der Waals surface area contributed by atoms with Crippen LogP contribution in [-0.2, 0) is 20.8 Å². The number of carboxylic acid groups (broad SMARTS) is 3. The van der Waals surface area contributed by atoms with Crippen LogP contribution in [0.2, 0.25) is 0 Å². The van der Waals surface area contributed by atoms with E-state index in [1.165, 1.54) is 6.33 Å². The van der Waals surface area contributed by atoms with Crippen molar-refractivity contribution in [3.05, 3.63) is 18.2 Å². The average molecular weight is 416 g/mol. The molecule has 3 atom stereocenters. The fraction of sp³-hybridized carbons (Fsp3) is 0.647. The van der Waals surface area contributed by atoms with Gasteiger partial charge >= 0.3 is 17.9 Å². The summed E-state index contributed by atoms with van der Waals surface area (Å²) in [6.45, 7) is 1.46. The third kappa shape index (κ3) is 13.3. The molecule has 0 saturated carbocycles. The van der Waals surface area contributed by atoms with Gasteiger partial charge in [-0.25, -0.2) is 4.98 Å². The van der Waals surface area contributed by atoms with Gasteiger partial charge in [-0.2, -0.15) is 0 Å². The van der Waals surface area contributed by atoms with Gasteiger partial charge in [0.15, 0.2) is 0 Å². The first-order valence-corrected chi connectivity index (χ1v) is 9.29. The Morgan fingerprint density at radius 1 is 1.14 bits per heavy atom. The molecule has 166 valence electrons. The molecule has 0 amide bonds. The van der Waals surface area contributed by atoms with Gasteiger partial charge in [0.1, 0.15) is 18.1 Å². The van der Waals surface area contributed by atoms with Crippen LogP contribution in [0, 0.1) is 0 Å². The molecule has 0 bridgehead atoms. The van der Waals surface area contributed by atoms with Gasteiger partial charge in [-0.1, -0.05) is 6.42 Å². The van der Waals surface area contributed by atoms with E-state index in [0.29, 0.717) is 13.0 Å². The fourth-order valence-corrected chi connectivity index (χ4v) is 2.25. The Bertz CT molecular complexity index is 591. The van der Waals surface area contributed by atoms with Crippen LogP contribution in [0.4, 0.5) is 0 Å². The minimum atomic E-state index is -1.00. The maximum Gasteiger partial charge on any atom is 0.320 e. The number of unbranched alkanes of at least 4 members (excludes halogenated alkanes) is 1. The molecule has 12 nitrogen and oxygen atoms in total. The highest BCUT2D eigenvalue weighted by Gasteiger charge is 2.20. The van der Waals surface area contributed by atoms with Gasteiger partial charge in [-0.3, -0.25) is 14.4 Å². The van der Waals surface area contributed by atoms with Gasteiger partial charge < -0.3 is 42.8 Å². The largest absolute Gasteiger partial charge is 0.480 e. The molecule has 11 N–H and O–H groups in total. The maximum atomic E-state index is 10.3. The standard InChI is InChI=1S/C6H9N3O2.C6H14N2O2.C5H9NO2/c7-5(6(10)11)1-4-2-8-3-9-4;7-4-2-1-3-5(8)6(9)10;7-5(8)4-2-1-3-6-4/h2-3,5H,1,7H2,(H,8,9)(H,10,11);5H,1-4,7-8H2,(H,9,10);4,6H,1-3H2,(H,7,8)/t2*5-;4-/m111/s1. The first-order valence-electron chi connectivity index (χ1n) is 9.29. The molecule has 1 saturated heterocycles. The van der Waals surface area contributed by atoms with Gasteiger partial charge in [0.05, 0.1) is 6.33 Å². The quantitative estimate of drug-likeness (QED) is 0.221. The highest BCUT2D eigenvalue weighted by Crippen LogP contribution is 2.03. The second-order valence-electron chi connectivity index (χ2n) is 6.44. The fourth-order valence-electron chi connectivity index (χ4n) is 2.25. The zero-order chi connectivity index (χ0) is 22.2. The number of aromatic nitrogens is 2. The molecule has 0 aliphatic carbocycles. The number of carbonyl (C=O) groups is 3. The molecule has 1 aliphatic rings. The number of carboxylic acids is 3. The number of aromatic amines is 1. The van der Waals surface area contributed by atoms with Crippen LogP contribution in [0.1, 0.15) is 37.8 Å². The smallest absolute Gasteiger partial charge is 0.320 e. The molecule has 1 aliphatic heterocycles. The number of imidazole rings is 1. The summed E-state index contributed by atoms with van der Waals surface area (Å²) in [7, 11) is 0. The molecule has 0 unspecified atom stereocenters.